The van der Waals surface area contributed by atoms with Crippen LogP contribution in [0.2, 0.25) is 0 Å². The van der Waals surface area contributed by atoms with Gasteiger partial charge in [-0.05, 0) is 6.92 Å². The molecule has 1 fully saturated rings. The maximum Gasteiger partial charge on any atom is 0.326 e. The van der Waals surface area contributed by atoms with Gasteiger partial charge in [0.15, 0.2) is 0 Å². The van der Waals surface area contributed by atoms with Crippen LogP contribution in [0.15, 0.2) is 0 Å². The number of aliphatic carboxylic acids is 1. The second-order valence-corrected chi connectivity index (χ2v) is 4.59. The third-order valence-corrected chi connectivity index (χ3v) is 2.90. The quantitative estimate of drug-likeness (QED) is 0.721. The molecule has 1 aliphatic heterocycles. The lowest BCUT2D eigenvalue weighted by Crippen LogP contribution is -2.47. The van der Waals surface area contributed by atoms with Crippen molar-refractivity contribution in [3.63, 3.8) is 0 Å². The van der Waals surface area contributed by atoms with Crippen LogP contribution in [0.1, 0.15) is 13.3 Å². The van der Waals surface area contributed by atoms with Gasteiger partial charge in [0.1, 0.15) is 6.04 Å². The molecular weight excluding hydrogens is 238 g/mol. The Morgan fingerprint density at radius 3 is 2.72 bits per heavy atom. The number of urea groups is 1. The van der Waals surface area contributed by atoms with E-state index in [2.05, 4.69) is 0 Å². The zero-order valence-corrected chi connectivity index (χ0v) is 10.4. The van der Waals surface area contributed by atoms with Gasteiger partial charge in [-0.1, -0.05) is 0 Å². The van der Waals surface area contributed by atoms with Gasteiger partial charge in [0, 0.05) is 26.6 Å². The Hall–Kier alpha value is -1.81. The van der Waals surface area contributed by atoms with Crippen LogP contribution in [-0.4, -0.2) is 64.3 Å². The Kier molecular flexibility index (Phi) is 4.50. The van der Waals surface area contributed by atoms with Crippen molar-refractivity contribution in [3.8, 4) is 6.07 Å². The summed E-state index contributed by atoms with van der Waals surface area (Å²) in [5.41, 5.74) is 0. The summed E-state index contributed by atoms with van der Waals surface area (Å²) in [6.07, 6.45) is -0.764. The Balaban J connectivity index is 2.71. The summed E-state index contributed by atoms with van der Waals surface area (Å²) in [5.74, 6) is -1.45. The van der Waals surface area contributed by atoms with E-state index in [4.69, 9.17) is 10.4 Å². The number of β-amino-alcohol motifs (C(OH)–C–C–N with tert-alkyl or cyclic N) is 1. The maximum absolute atomic E-state index is 12.0. The van der Waals surface area contributed by atoms with E-state index in [1.165, 1.54) is 11.9 Å². The molecule has 0 aromatic heterocycles. The Labute approximate surface area is 105 Å². The van der Waals surface area contributed by atoms with Crippen LogP contribution in [0, 0.1) is 17.2 Å². The third-order valence-electron chi connectivity index (χ3n) is 2.90. The summed E-state index contributed by atoms with van der Waals surface area (Å²) in [6.45, 7) is 1.92. The molecule has 18 heavy (non-hydrogen) atoms. The predicted octanol–water partition coefficient (Wildman–Crippen LogP) is -0.282. The number of carbonyl (C=O) groups excluding carboxylic acids is 1. The first kappa shape index (κ1) is 14.3. The number of aliphatic hydroxyl groups excluding tert-OH is 1. The Morgan fingerprint density at radius 2 is 2.22 bits per heavy atom. The number of nitriles is 1. The SMILES string of the molecule is CC(C#N)CN(C)C(=O)N1C[C@H](O)C[C@H]1C(=O)O. The first-order valence-corrected chi connectivity index (χ1v) is 5.69. The van der Waals surface area contributed by atoms with E-state index in [1.54, 1.807) is 6.92 Å². The molecule has 1 unspecified atom stereocenters. The van der Waals surface area contributed by atoms with Crippen molar-refractivity contribution in [2.24, 2.45) is 5.92 Å². The molecule has 0 aromatic carbocycles. The normalized spacial score (nSPS) is 24.4. The monoisotopic (exact) mass is 255 g/mol. The van der Waals surface area contributed by atoms with Gasteiger partial charge >= 0.3 is 12.0 Å². The fraction of sp³-hybridized carbons (Fsp3) is 0.727. The lowest BCUT2D eigenvalue weighted by atomic mass is 10.2. The molecule has 0 bridgehead atoms. The fourth-order valence-corrected chi connectivity index (χ4v) is 2.01. The minimum atomic E-state index is -1.12. The van der Waals surface area contributed by atoms with E-state index in [0.717, 1.165) is 4.90 Å². The Bertz CT molecular complexity index is 379. The molecule has 3 atom stereocenters. The first-order valence-electron chi connectivity index (χ1n) is 5.69. The standard InChI is InChI=1S/C11H17N3O4/c1-7(4-12)5-13(2)11(18)14-6-8(15)3-9(14)10(16)17/h7-9,15H,3,5-6H2,1-2H3,(H,16,17)/t7?,8-,9+/m1/s1. The second-order valence-electron chi connectivity index (χ2n) is 4.59. The number of likely N-dealkylation sites (tertiary alicyclic amines) is 1. The van der Waals surface area contributed by atoms with Crippen LogP contribution in [-0.2, 0) is 4.79 Å². The number of hydrogen-bond donors (Lipinski definition) is 2. The van der Waals surface area contributed by atoms with Crippen LogP contribution in [0.3, 0.4) is 0 Å². The number of amides is 2. The van der Waals surface area contributed by atoms with Crippen LogP contribution in [0.25, 0.3) is 0 Å². The highest BCUT2D eigenvalue weighted by Crippen LogP contribution is 2.19. The minimum Gasteiger partial charge on any atom is -0.480 e. The summed E-state index contributed by atoms with van der Waals surface area (Å²) in [7, 11) is 1.51. The number of nitrogens with zero attached hydrogens (tertiary/aromatic N) is 3. The topological polar surface area (TPSA) is 105 Å². The minimum absolute atomic E-state index is 0.0150. The molecule has 2 amide bonds. The predicted molar refractivity (Wildman–Crippen MR) is 61.6 cm³/mol. The van der Waals surface area contributed by atoms with E-state index in [1.807, 2.05) is 6.07 Å². The van der Waals surface area contributed by atoms with Gasteiger partial charge in [0.25, 0.3) is 0 Å². The highest BCUT2D eigenvalue weighted by molar-refractivity contribution is 5.83. The van der Waals surface area contributed by atoms with Gasteiger partial charge in [-0.25, -0.2) is 9.59 Å². The number of carboxylic acid groups (broad SMARTS) is 1. The van der Waals surface area contributed by atoms with Gasteiger partial charge < -0.3 is 20.0 Å². The molecule has 0 spiro atoms. The van der Waals surface area contributed by atoms with Gasteiger partial charge in [-0.3, -0.25) is 0 Å². The van der Waals surface area contributed by atoms with Crippen LogP contribution in [0.4, 0.5) is 4.79 Å². The van der Waals surface area contributed by atoms with Crippen LogP contribution >= 0.6 is 0 Å². The zero-order chi connectivity index (χ0) is 13.9. The zero-order valence-electron chi connectivity index (χ0n) is 10.4. The molecule has 1 aliphatic rings. The maximum atomic E-state index is 12.0. The molecule has 0 aromatic rings. The van der Waals surface area contributed by atoms with Crippen molar-refractivity contribution in [2.45, 2.75) is 25.5 Å². The van der Waals surface area contributed by atoms with Crippen molar-refractivity contribution in [1.82, 2.24) is 9.80 Å². The fourth-order valence-electron chi connectivity index (χ4n) is 2.01. The summed E-state index contributed by atoms with van der Waals surface area (Å²) in [4.78, 5) is 25.5. The van der Waals surface area contributed by atoms with Gasteiger partial charge in [0.2, 0.25) is 0 Å². The highest BCUT2D eigenvalue weighted by Gasteiger charge is 2.40. The average molecular weight is 255 g/mol. The van der Waals surface area contributed by atoms with E-state index in [-0.39, 0.29) is 25.4 Å². The van der Waals surface area contributed by atoms with Gasteiger partial charge in [0.05, 0.1) is 18.1 Å². The molecule has 1 heterocycles. The number of aliphatic hydroxyl groups is 1. The smallest absolute Gasteiger partial charge is 0.326 e. The number of carboxylic acids is 1. The third kappa shape index (κ3) is 3.11. The lowest BCUT2D eigenvalue weighted by Gasteiger charge is -2.27. The molecule has 7 heteroatoms. The molecule has 1 saturated heterocycles. The van der Waals surface area contributed by atoms with Gasteiger partial charge in [-0.15, -0.1) is 0 Å². The van der Waals surface area contributed by atoms with Crippen LogP contribution in [0.5, 0.6) is 0 Å². The van der Waals surface area contributed by atoms with Crippen molar-refractivity contribution >= 4 is 12.0 Å². The van der Waals surface area contributed by atoms with Crippen molar-refractivity contribution < 1.29 is 19.8 Å². The molecular formula is C11H17N3O4. The van der Waals surface area contributed by atoms with E-state index < -0.39 is 24.1 Å². The van der Waals surface area contributed by atoms with Crippen molar-refractivity contribution in [1.29, 1.82) is 5.26 Å². The second kappa shape index (κ2) is 5.69. The molecule has 0 radical (unpaired) electrons. The first-order chi connectivity index (χ1) is 8.36. The van der Waals surface area contributed by atoms with E-state index in [9.17, 15) is 14.7 Å². The number of carbonyl (C=O) groups is 2. The summed E-state index contributed by atoms with van der Waals surface area (Å²) >= 11 is 0. The van der Waals surface area contributed by atoms with Crippen molar-refractivity contribution in [3.05, 3.63) is 0 Å². The van der Waals surface area contributed by atoms with E-state index >= 15 is 0 Å². The van der Waals surface area contributed by atoms with Gasteiger partial charge in [-0.2, -0.15) is 5.26 Å². The molecule has 0 saturated carbocycles. The number of rotatable bonds is 3. The Morgan fingerprint density at radius 1 is 1.61 bits per heavy atom. The lowest BCUT2D eigenvalue weighted by molar-refractivity contribution is -0.141. The van der Waals surface area contributed by atoms with Crippen molar-refractivity contribution in [2.75, 3.05) is 20.1 Å². The largest absolute Gasteiger partial charge is 0.480 e. The molecule has 7 nitrogen and oxygen atoms in total. The van der Waals surface area contributed by atoms with Crippen LogP contribution < -0.4 is 0 Å². The average Bonchev–Trinajstić information content (AvgIpc) is 2.70. The summed E-state index contributed by atoms with van der Waals surface area (Å²) in [6, 6.07) is 0.541. The summed E-state index contributed by atoms with van der Waals surface area (Å²) < 4.78 is 0. The molecule has 2 N–H and O–H groups in total. The molecule has 0 aliphatic carbocycles. The number of hydrogen-bond acceptors (Lipinski definition) is 4. The van der Waals surface area contributed by atoms with E-state index in [0.29, 0.717) is 0 Å². The molecule has 1 rings (SSSR count). The summed E-state index contributed by atoms with van der Waals surface area (Å²) in [5, 5.41) is 27.1. The molecule has 100 valence electrons. The highest BCUT2D eigenvalue weighted by atomic mass is 16.4.